The van der Waals surface area contributed by atoms with Crippen LogP contribution in [-0.2, 0) is 0 Å². The van der Waals surface area contributed by atoms with Crippen LogP contribution in [0.5, 0.6) is 0 Å². The Labute approximate surface area is 113 Å². The molecular weight excluding hydrogens is 268 g/mol. The summed E-state index contributed by atoms with van der Waals surface area (Å²) in [5.41, 5.74) is 3.52. The minimum Gasteiger partial charge on any atom is -0.171 e. The standard InChI is InChI=1S/C12H6N2S3/c15-9-6-8(7-4-2-1-3-5-7)12(16)11-10(9)13-17-14-11/h1-6H. The molecule has 0 fully saturated rings. The maximum atomic E-state index is 5.45. The Hall–Kier alpha value is -1.30. The van der Waals surface area contributed by atoms with Crippen LogP contribution in [0.3, 0.4) is 0 Å². The monoisotopic (exact) mass is 274 g/mol. The summed E-state index contributed by atoms with van der Waals surface area (Å²) in [6.45, 7) is 0. The molecule has 3 rings (SSSR count). The first-order chi connectivity index (χ1) is 8.27. The first-order valence-electron chi connectivity index (χ1n) is 4.96. The highest BCUT2D eigenvalue weighted by atomic mass is 32.1. The zero-order valence-electron chi connectivity index (χ0n) is 8.58. The van der Waals surface area contributed by atoms with E-state index < -0.39 is 0 Å². The van der Waals surface area contributed by atoms with Crippen molar-refractivity contribution in [1.29, 1.82) is 0 Å². The van der Waals surface area contributed by atoms with Crippen LogP contribution in [0.1, 0.15) is 17.0 Å². The molecule has 1 heterocycles. The zero-order valence-corrected chi connectivity index (χ0v) is 11.0. The Morgan fingerprint density at radius 1 is 0.941 bits per heavy atom. The minimum absolute atomic E-state index is 0.709. The van der Waals surface area contributed by atoms with Gasteiger partial charge in [-0.3, -0.25) is 0 Å². The molecule has 0 aliphatic heterocycles. The summed E-state index contributed by atoms with van der Waals surface area (Å²) in [7, 11) is 0. The Morgan fingerprint density at radius 2 is 1.65 bits per heavy atom. The molecule has 0 amide bonds. The minimum atomic E-state index is 0.709. The lowest BCUT2D eigenvalue weighted by atomic mass is 9.94. The van der Waals surface area contributed by atoms with Crippen LogP contribution >= 0.6 is 36.2 Å². The van der Waals surface area contributed by atoms with Crippen LogP contribution in [0.2, 0.25) is 0 Å². The van der Waals surface area contributed by atoms with Crippen molar-refractivity contribution in [3.05, 3.63) is 53.4 Å². The van der Waals surface area contributed by atoms with Crippen LogP contribution in [-0.4, -0.2) is 18.5 Å². The summed E-state index contributed by atoms with van der Waals surface area (Å²) >= 11 is 11.9. The number of thiocarbonyl (C=S) groups is 2. The lowest BCUT2D eigenvalue weighted by molar-refractivity contribution is 1.44. The SMILES string of the molecule is S=C1C=C(c2ccccc2)C(=S)c2nsnc21. The molecule has 17 heavy (non-hydrogen) atoms. The molecule has 0 N–H and O–H groups in total. The third-order valence-corrected chi connectivity index (χ3v) is 3.79. The van der Waals surface area contributed by atoms with Crippen molar-refractivity contribution in [1.82, 2.24) is 8.75 Å². The number of hydrogen-bond acceptors (Lipinski definition) is 5. The molecule has 1 aliphatic rings. The van der Waals surface area contributed by atoms with Gasteiger partial charge in [-0.25, -0.2) is 0 Å². The second-order valence-corrected chi connectivity index (χ2v) is 4.96. The number of hydrogen-bond donors (Lipinski definition) is 0. The molecule has 1 aliphatic carbocycles. The van der Waals surface area contributed by atoms with E-state index in [-0.39, 0.29) is 0 Å². The van der Waals surface area contributed by atoms with Gasteiger partial charge in [0.05, 0.1) is 21.5 Å². The van der Waals surface area contributed by atoms with Crippen molar-refractivity contribution in [2.45, 2.75) is 0 Å². The molecule has 1 aromatic heterocycles. The van der Waals surface area contributed by atoms with Crippen molar-refractivity contribution in [2.75, 3.05) is 0 Å². The molecular formula is C12H6N2S3. The van der Waals surface area contributed by atoms with Gasteiger partial charge in [0.15, 0.2) is 0 Å². The van der Waals surface area contributed by atoms with Crippen LogP contribution in [0.15, 0.2) is 36.4 Å². The lowest BCUT2D eigenvalue weighted by Crippen LogP contribution is -2.14. The smallest absolute Gasteiger partial charge is 0.124 e. The van der Waals surface area contributed by atoms with Crippen molar-refractivity contribution < 1.29 is 0 Å². The van der Waals surface area contributed by atoms with Gasteiger partial charge in [-0.1, -0.05) is 54.8 Å². The van der Waals surface area contributed by atoms with Crippen LogP contribution in [0, 0.1) is 0 Å². The van der Waals surface area contributed by atoms with E-state index in [1.54, 1.807) is 0 Å². The van der Waals surface area contributed by atoms with Gasteiger partial charge in [0, 0.05) is 5.57 Å². The van der Waals surface area contributed by atoms with Gasteiger partial charge in [0.2, 0.25) is 0 Å². The summed E-state index contributed by atoms with van der Waals surface area (Å²) in [5.74, 6) is 0. The van der Waals surface area contributed by atoms with Gasteiger partial charge in [0.25, 0.3) is 0 Å². The number of benzene rings is 1. The maximum Gasteiger partial charge on any atom is 0.124 e. The fourth-order valence-corrected chi connectivity index (χ4v) is 2.99. The third kappa shape index (κ3) is 1.76. The molecule has 0 bridgehead atoms. The molecule has 0 saturated heterocycles. The second kappa shape index (κ2) is 4.18. The lowest BCUT2D eigenvalue weighted by Gasteiger charge is -2.13. The molecule has 5 heteroatoms. The highest BCUT2D eigenvalue weighted by molar-refractivity contribution is 7.82. The normalized spacial score (nSPS) is 14.5. The summed E-state index contributed by atoms with van der Waals surface area (Å²) in [4.78, 5) is 1.44. The molecule has 1 aromatic carbocycles. The van der Waals surface area contributed by atoms with E-state index in [0.717, 1.165) is 39.1 Å². The van der Waals surface area contributed by atoms with E-state index in [1.807, 2.05) is 36.4 Å². The molecule has 0 unspecified atom stereocenters. The number of rotatable bonds is 1. The van der Waals surface area contributed by atoms with E-state index in [4.69, 9.17) is 24.4 Å². The topological polar surface area (TPSA) is 25.8 Å². The zero-order chi connectivity index (χ0) is 11.8. The quantitative estimate of drug-likeness (QED) is 0.746. The fourth-order valence-electron chi connectivity index (χ4n) is 1.72. The highest BCUT2D eigenvalue weighted by Gasteiger charge is 2.24. The van der Waals surface area contributed by atoms with Gasteiger partial charge < -0.3 is 0 Å². The van der Waals surface area contributed by atoms with E-state index >= 15 is 0 Å². The van der Waals surface area contributed by atoms with Gasteiger partial charge in [0.1, 0.15) is 11.4 Å². The Bertz CT molecular complexity index is 641. The van der Waals surface area contributed by atoms with Gasteiger partial charge in [-0.2, -0.15) is 8.75 Å². The molecule has 2 nitrogen and oxygen atoms in total. The first-order valence-corrected chi connectivity index (χ1v) is 6.51. The number of fused-ring (bicyclic) bond motifs is 1. The molecule has 2 aromatic rings. The fraction of sp³-hybridized carbons (Fsp3) is 0. The van der Waals surface area contributed by atoms with E-state index in [2.05, 4.69) is 8.75 Å². The summed E-state index contributed by atoms with van der Waals surface area (Å²) in [6, 6.07) is 9.98. The number of aromatic nitrogens is 2. The predicted molar refractivity (Wildman–Crippen MR) is 77.7 cm³/mol. The van der Waals surface area contributed by atoms with Gasteiger partial charge >= 0.3 is 0 Å². The average Bonchev–Trinajstić information content (AvgIpc) is 2.85. The Kier molecular flexibility index (Phi) is 2.66. The highest BCUT2D eigenvalue weighted by Crippen LogP contribution is 2.27. The third-order valence-electron chi connectivity index (χ3n) is 2.54. The van der Waals surface area contributed by atoms with E-state index in [0.29, 0.717) is 4.86 Å². The van der Waals surface area contributed by atoms with Gasteiger partial charge in [-0.15, -0.1) is 0 Å². The van der Waals surface area contributed by atoms with E-state index in [1.165, 1.54) is 0 Å². The summed E-state index contributed by atoms with van der Waals surface area (Å²) in [6.07, 6.45) is 1.91. The van der Waals surface area contributed by atoms with Gasteiger partial charge in [-0.05, 0) is 11.6 Å². The molecule has 0 spiro atoms. The van der Waals surface area contributed by atoms with Crippen LogP contribution < -0.4 is 0 Å². The first kappa shape index (κ1) is 10.8. The molecule has 0 radical (unpaired) electrons. The Morgan fingerprint density at radius 3 is 2.41 bits per heavy atom. The molecule has 82 valence electrons. The Balaban J connectivity index is 2.15. The van der Waals surface area contributed by atoms with Crippen LogP contribution in [0.25, 0.3) is 5.57 Å². The average molecular weight is 274 g/mol. The van der Waals surface area contributed by atoms with Crippen molar-refractivity contribution >= 4 is 51.5 Å². The number of nitrogens with zero attached hydrogens (tertiary/aromatic N) is 2. The van der Waals surface area contributed by atoms with E-state index in [9.17, 15) is 0 Å². The number of allylic oxidation sites excluding steroid dienone is 2. The predicted octanol–water partition coefficient (Wildman–Crippen LogP) is 3.07. The summed E-state index contributed by atoms with van der Waals surface area (Å²) in [5, 5.41) is 0. The second-order valence-electron chi connectivity index (χ2n) is 3.58. The largest absolute Gasteiger partial charge is 0.171 e. The van der Waals surface area contributed by atoms with Crippen LogP contribution in [0.4, 0.5) is 0 Å². The maximum absolute atomic E-state index is 5.45. The molecule has 0 saturated carbocycles. The summed E-state index contributed by atoms with van der Waals surface area (Å²) < 4.78 is 8.40. The van der Waals surface area contributed by atoms with Crippen molar-refractivity contribution in [2.24, 2.45) is 0 Å². The van der Waals surface area contributed by atoms with Crippen molar-refractivity contribution in [3.63, 3.8) is 0 Å². The van der Waals surface area contributed by atoms with Crippen molar-refractivity contribution in [3.8, 4) is 0 Å². The molecule has 0 atom stereocenters.